The van der Waals surface area contributed by atoms with Gasteiger partial charge < -0.3 is 10.6 Å². The lowest BCUT2D eigenvalue weighted by atomic mass is 9.84. The van der Waals surface area contributed by atoms with E-state index in [0.29, 0.717) is 6.04 Å². The first-order valence-corrected chi connectivity index (χ1v) is 7.52. The van der Waals surface area contributed by atoms with Gasteiger partial charge in [0.05, 0.1) is 0 Å². The molecule has 0 unspecified atom stereocenters. The average Bonchev–Trinajstić information content (AvgIpc) is 2.31. The van der Waals surface area contributed by atoms with Crippen molar-refractivity contribution in [3.63, 3.8) is 0 Å². The van der Waals surface area contributed by atoms with E-state index in [1.165, 1.54) is 6.07 Å². The van der Waals surface area contributed by atoms with Crippen molar-refractivity contribution in [1.29, 1.82) is 0 Å². The number of hydrogen-bond acceptors (Lipinski definition) is 2. The van der Waals surface area contributed by atoms with Crippen LogP contribution >= 0.6 is 15.9 Å². The van der Waals surface area contributed by atoms with Crippen molar-refractivity contribution < 1.29 is 4.39 Å². The Hall–Kier alpha value is -0.450. The van der Waals surface area contributed by atoms with Gasteiger partial charge in [-0.2, -0.15) is 0 Å². The molecule has 1 aromatic carbocycles. The highest BCUT2D eigenvalue weighted by molar-refractivity contribution is 9.10. The lowest BCUT2D eigenvalue weighted by Gasteiger charge is -2.26. The van der Waals surface area contributed by atoms with Crippen LogP contribution in [0.15, 0.2) is 22.7 Å². The zero-order valence-corrected chi connectivity index (χ0v) is 13.8. The van der Waals surface area contributed by atoms with Gasteiger partial charge in [0.2, 0.25) is 0 Å². The van der Waals surface area contributed by atoms with Crippen molar-refractivity contribution >= 4 is 15.9 Å². The second-order valence-corrected chi connectivity index (χ2v) is 6.71. The molecule has 108 valence electrons. The monoisotopic (exact) mass is 330 g/mol. The maximum absolute atomic E-state index is 13.9. The van der Waals surface area contributed by atoms with Crippen LogP contribution in [0.1, 0.15) is 33.3 Å². The van der Waals surface area contributed by atoms with Crippen LogP contribution in [0.5, 0.6) is 0 Å². The van der Waals surface area contributed by atoms with E-state index >= 15 is 0 Å². The van der Waals surface area contributed by atoms with Gasteiger partial charge in [-0.05, 0) is 23.8 Å². The second-order valence-electron chi connectivity index (χ2n) is 5.79. The summed E-state index contributed by atoms with van der Waals surface area (Å²) >= 11 is 3.40. The van der Waals surface area contributed by atoms with Gasteiger partial charge in [-0.25, -0.2) is 4.39 Å². The first-order valence-electron chi connectivity index (χ1n) is 6.72. The van der Waals surface area contributed by atoms with E-state index in [-0.39, 0.29) is 11.2 Å². The third-order valence-electron chi connectivity index (χ3n) is 3.08. The molecule has 0 saturated carbocycles. The minimum atomic E-state index is -0.230. The highest BCUT2D eigenvalue weighted by Crippen LogP contribution is 2.27. The molecule has 0 amide bonds. The summed E-state index contributed by atoms with van der Waals surface area (Å²) in [4.78, 5) is 0. The number of nitrogens with one attached hydrogen (secondary N) is 2. The number of hydrogen-bond donors (Lipinski definition) is 2. The fraction of sp³-hybridized carbons (Fsp3) is 0.600. The molecule has 0 saturated heterocycles. The molecule has 19 heavy (non-hydrogen) atoms. The summed E-state index contributed by atoms with van der Waals surface area (Å²) in [5.41, 5.74) is 0.511. The summed E-state index contributed by atoms with van der Waals surface area (Å²) < 4.78 is 14.8. The Morgan fingerprint density at radius 1 is 1.26 bits per heavy atom. The SMILES string of the molecule is CC(C)NCCNCC(C)(C)c1cc(Br)ccc1F. The Balaban J connectivity index is 2.53. The van der Waals surface area contributed by atoms with E-state index < -0.39 is 0 Å². The summed E-state index contributed by atoms with van der Waals surface area (Å²) in [7, 11) is 0. The molecule has 4 heteroatoms. The zero-order chi connectivity index (χ0) is 14.5. The maximum atomic E-state index is 13.9. The molecule has 0 radical (unpaired) electrons. The normalized spacial score (nSPS) is 12.2. The summed E-state index contributed by atoms with van der Waals surface area (Å²) in [6.45, 7) is 10.9. The summed E-state index contributed by atoms with van der Waals surface area (Å²) in [6, 6.07) is 5.61. The lowest BCUT2D eigenvalue weighted by Crippen LogP contribution is -2.38. The van der Waals surface area contributed by atoms with E-state index in [9.17, 15) is 4.39 Å². The van der Waals surface area contributed by atoms with Gasteiger partial charge in [-0.3, -0.25) is 0 Å². The van der Waals surface area contributed by atoms with Crippen LogP contribution in [-0.4, -0.2) is 25.7 Å². The molecule has 0 aliphatic heterocycles. The highest BCUT2D eigenvalue weighted by Gasteiger charge is 2.23. The lowest BCUT2D eigenvalue weighted by molar-refractivity contribution is 0.438. The van der Waals surface area contributed by atoms with Gasteiger partial charge >= 0.3 is 0 Å². The molecule has 0 bridgehead atoms. The van der Waals surface area contributed by atoms with E-state index in [2.05, 4.69) is 54.3 Å². The molecule has 2 N–H and O–H groups in total. The molecular weight excluding hydrogens is 307 g/mol. The fourth-order valence-electron chi connectivity index (χ4n) is 1.96. The summed E-state index contributed by atoms with van der Waals surface area (Å²) in [5, 5.41) is 6.73. The topological polar surface area (TPSA) is 24.1 Å². The molecule has 1 aromatic rings. The van der Waals surface area contributed by atoms with Crippen molar-refractivity contribution in [2.24, 2.45) is 0 Å². The Labute approximate surface area is 124 Å². The van der Waals surface area contributed by atoms with E-state index in [4.69, 9.17) is 0 Å². The smallest absolute Gasteiger partial charge is 0.127 e. The summed E-state index contributed by atoms with van der Waals surface area (Å²) in [5.74, 6) is -0.143. The van der Waals surface area contributed by atoms with E-state index in [1.54, 1.807) is 6.07 Å². The molecule has 0 fully saturated rings. The highest BCUT2D eigenvalue weighted by atomic mass is 79.9. The Kier molecular flexibility index (Phi) is 6.43. The summed E-state index contributed by atoms with van der Waals surface area (Å²) in [6.07, 6.45) is 0. The number of halogens is 2. The van der Waals surface area contributed by atoms with Crippen LogP contribution in [0.3, 0.4) is 0 Å². The quantitative estimate of drug-likeness (QED) is 0.748. The van der Waals surface area contributed by atoms with Gasteiger partial charge in [0.1, 0.15) is 5.82 Å². The third kappa shape index (κ3) is 5.59. The molecule has 0 heterocycles. The standard InChI is InChI=1S/C15H24BrFN2/c1-11(2)19-8-7-18-10-15(3,4)13-9-12(16)5-6-14(13)17/h5-6,9,11,18-19H,7-8,10H2,1-4H3. The van der Waals surface area contributed by atoms with Crippen molar-refractivity contribution in [2.45, 2.75) is 39.2 Å². The molecule has 0 aliphatic carbocycles. The molecule has 0 aliphatic rings. The van der Waals surface area contributed by atoms with Crippen LogP contribution in [0.25, 0.3) is 0 Å². The Morgan fingerprint density at radius 2 is 1.95 bits per heavy atom. The molecule has 2 nitrogen and oxygen atoms in total. The maximum Gasteiger partial charge on any atom is 0.127 e. The molecular formula is C15H24BrFN2. The first kappa shape index (κ1) is 16.6. The Morgan fingerprint density at radius 3 is 2.58 bits per heavy atom. The first-order chi connectivity index (χ1) is 8.83. The third-order valence-corrected chi connectivity index (χ3v) is 3.57. The number of benzene rings is 1. The minimum absolute atomic E-state index is 0.143. The van der Waals surface area contributed by atoms with Gasteiger partial charge in [0.15, 0.2) is 0 Å². The predicted molar refractivity (Wildman–Crippen MR) is 83.1 cm³/mol. The minimum Gasteiger partial charge on any atom is -0.315 e. The molecule has 0 aromatic heterocycles. The van der Waals surface area contributed by atoms with Crippen molar-refractivity contribution in [2.75, 3.05) is 19.6 Å². The van der Waals surface area contributed by atoms with E-state index in [1.807, 2.05) is 6.07 Å². The number of rotatable bonds is 7. The van der Waals surface area contributed by atoms with Gasteiger partial charge in [0, 0.05) is 35.6 Å². The van der Waals surface area contributed by atoms with Crippen LogP contribution < -0.4 is 10.6 Å². The van der Waals surface area contributed by atoms with Gasteiger partial charge in [-0.1, -0.05) is 43.6 Å². The fourth-order valence-corrected chi connectivity index (χ4v) is 2.32. The molecule has 0 atom stereocenters. The van der Waals surface area contributed by atoms with Crippen LogP contribution in [-0.2, 0) is 5.41 Å². The molecule has 1 rings (SSSR count). The van der Waals surface area contributed by atoms with Gasteiger partial charge in [-0.15, -0.1) is 0 Å². The van der Waals surface area contributed by atoms with Crippen molar-refractivity contribution in [1.82, 2.24) is 10.6 Å². The van der Waals surface area contributed by atoms with E-state index in [0.717, 1.165) is 29.7 Å². The van der Waals surface area contributed by atoms with Crippen LogP contribution in [0.4, 0.5) is 4.39 Å². The zero-order valence-electron chi connectivity index (χ0n) is 12.2. The second kappa shape index (κ2) is 7.36. The van der Waals surface area contributed by atoms with Gasteiger partial charge in [0.25, 0.3) is 0 Å². The largest absolute Gasteiger partial charge is 0.315 e. The van der Waals surface area contributed by atoms with Crippen molar-refractivity contribution in [3.05, 3.63) is 34.1 Å². The van der Waals surface area contributed by atoms with Crippen molar-refractivity contribution in [3.8, 4) is 0 Å². The Bertz CT molecular complexity index is 405. The van der Waals surface area contributed by atoms with Crippen LogP contribution in [0, 0.1) is 5.82 Å². The van der Waals surface area contributed by atoms with Crippen LogP contribution in [0.2, 0.25) is 0 Å². The predicted octanol–water partition coefficient (Wildman–Crippen LogP) is 3.45. The average molecular weight is 331 g/mol. The molecule has 0 spiro atoms.